The molecule has 0 saturated heterocycles. The second-order valence-corrected chi connectivity index (χ2v) is 7.41. The zero-order chi connectivity index (χ0) is 28.7. The minimum Gasteiger partial charge on any atom is -0.480 e. The minimum atomic E-state index is -1.58. The van der Waals surface area contributed by atoms with E-state index in [9.17, 15) is 43.2 Å². The number of amides is 8. The Morgan fingerprint density at radius 1 is 0.568 bits per heavy atom. The van der Waals surface area contributed by atoms with Crippen LogP contribution in [0.25, 0.3) is 0 Å². The van der Waals surface area contributed by atoms with Crippen molar-refractivity contribution in [2.24, 2.45) is 22.9 Å². The van der Waals surface area contributed by atoms with E-state index in [0.29, 0.717) is 0 Å². The fourth-order valence-electron chi connectivity index (χ4n) is 2.47. The van der Waals surface area contributed by atoms with E-state index in [-0.39, 0.29) is 0 Å². The van der Waals surface area contributed by atoms with Crippen LogP contribution in [0.2, 0.25) is 0 Å². The van der Waals surface area contributed by atoms with Gasteiger partial charge in [-0.15, -0.1) is 0 Å². The lowest BCUT2D eigenvalue weighted by Gasteiger charge is -2.20. The number of hydrogen-bond acceptors (Lipinski definition) is 10. The van der Waals surface area contributed by atoms with Gasteiger partial charge in [0.05, 0.1) is 38.4 Å². The molecule has 0 aromatic carbocycles. The summed E-state index contributed by atoms with van der Waals surface area (Å²) in [6.07, 6.45) is -1.94. The predicted molar refractivity (Wildman–Crippen MR) is 120 cm³/mol. The molecule has 0 radical (unpaired) electrons. The molecule has 19 nitrogen and oxygen atoms in total. The van der Waals surface area contributed by atoms with E-state index in [1.165, 1.54) is 0 Å². The summed E-state index contributed by atoms with van der Waals surface area (Å²) >= 11 is 0. The maximum Gasteiger partial charge on any atom is 0.322 e. The van der Waals surface area contributed by atoms with Crippen molar-refractivity contribution in [1.82, 2.24) is 26.6 Å². The van der Waals surface area contributed by atoms with E-state index >= 15 is 0 Å². The van der Waals surface area contributed by atoms with Gasteiger partial charge in [-0.2, -0.15) is 0 Å². The first kappa shape index (κ1) is 32.2. The van der Waals surface area contributed by atoms with Gasteiger partial charge in [-0.3, -0.25) is 43.2 Å². The Morgan fingerprint density at radius 3 is 1.43 bits per heavy atom. The number of hydrogen-bond donors (Lipinski definition) is 10. The Bertz CT molecular complexity index is 939. The number of carboxylic acids is 1. The summed E-state index contributed by atoms with van der Waals surface area (Å²) in [5.41, 5.74) is 20.5. The summed E-state index contributed by atoms with van der Waals surface area (Å²) in [6.45, 7) is -2.19. The number of carbonyl (C=O) groups excluding carboxylic acids is 8. The average molecular weight is 531 g/mol. The summed E-state index contributed by atoms with van der Waals surface area (Å²) in [5.74, 6) is -9.20. The van der Waals surface area contributed by atoms with Crippen LogP contribution in [0.5, 0.6) is 0 Å². The summed E-state index contributed by atoms with van der Waals surface area (Å²) in [5, 5.41) is 18.8. The van der Waals surface area contributed by atoms with Crippen LogP contribution < -0.4 is 49.5 Å². The van der Waals surface area contributed by atoms with Crippen LogP contribution in [0.4, 0.5) is 0 Å². The van der Waals surface area contributed by atoms with Crippen molar-refractivity contribution in [2.75, 3.05) is 19.6 Å². The number of rotatable bonds is 17. The molecule has 0 fully saturated rings. The molecule has 8 amide bonds. The molecular formula is C18H29N9O10. The second-order valence-electron chi connectivity index (χ2n) is 7.41. The van der Waals surface area contributed by atoms with Gasteiger partial charge in [-0.1, -0.05) is 0 Å². The molecule has 3 atom stereocenters. The van der Waals surface area contributed by atoms with Crippen LogP contribution in [0.3, 0.4) is 0 Å². The van der Waals surface area contributed by atoms with Crippen molar-refractivity contribution in [3.05, 3.63) is 0 Å². The van der Waals surface area contributed by atoms with E-state index in [1.54, 1.807) is 0 Å². The standard InChI is InChI=1S/C18H29N9O10/c19-7(1-10(20)28)16(35)27-9(3-12(22)30)18(37)25-5-14(32)26-8(2-11(21)29)17(36)24-4-13(31)23-6-15(33)34/h7-9H,1-6,19H2,(H2,20,28)(H2,21,29)(H2,22,30)(H,23,31)(H,24,36)(H,25,37)(H,26,32)(H,27,35)(H,33,34)/t7-,8-,9-/m0/s1. The molecular weight excluding hydrogens is 502 g/mol. The summed E-state index contributed by atoms with van der Waals surface area (Å²) < 4.78 is 0. The molecule has 0 aromatic rings. The number of carboxylic acid groups (broad SMARTS) is 1. The Labute approximate surface area is 208 Å². The largest absolute Gasteiger partial charge is 0.480 e. The first-order valence-corrected chi connectivity index (χ1v) is 10.4. The molecule has 0 aromatic heterocycles. The number of nitrogens with two attached hydrogens (primary N) is 4. The molecule has 0 saturated carbocycles. The SMILES string of the molecule is NC(=O)C[C@H](NC(=O)CNC(=O)[C@H](CC(N)=O)NC(=O)[C@@H](N)CC(N)=O)C(=O)NCC(=O)NCC(=O)O. The van der Waals surface area contributed by atoms with E-state index in [0.717, 1.165) is 0 Å². The fraction of sp³-hybridized carbons (Fsp3) is 0.500. The second kappa shape index (κ2) is 16.0. The Kier molecular flexibility index (Phi) is 13.9. The van der Waals surface area contributed by atoms with Crippen molar-refractivity contribution in [1.29, 1.82) is 0 Å². The van der Waals surface area contributed by atoms with E-state index < -0.39 is 110 Å². The van der Waals surface area contributed by atoms with Crippen LogP contribution >= 0.6 is 0 Å². The van der Waals surface area contributed by atoms with Crippen LogP contribution in [-0.4, -0.2) is 96.1 Å². The quantitative estimate of drug-likeness (QED) is 0.0839. The van der Waals surface area contributed by atoms with Crippen LogP contribution in [0, 0.1) is 0 Å². The third-order valence-corrected chi connectivity index (χ3v) is 4.14. The summed E-state index contributed by atoms with van der Waals surface area (Å²) in [6, 6.07) is -4.57. The van der Waals surface area contributed by atoms with E-state index in [2.05, 4.69) is 21.3 Å². The first-order chi connectivity index (χ1) is 17.1. The highest BCUT2D eigenvalue weighted by molar-refractivity contribution is 5.97. The monoisotopic (exact) mass is 531 g/mol. The Hall–Kier alpha value is -4.81. The fourth-order valence-corrected chi connectivity index (χ4v) is 2.47. The van der Waals surface area contributed by atoms with Gasteiger partial charge in [-0.05, 0) is 0 Å². The van der Waals surface area contributed by atoms with Crippen molar-refractivity contribution in [3.63, 3.8) is 0 Å². The molecule has 0 unspecified atom stereocenters. The van der Waals surface area contributed by atoms with Gasteiger partial charge in [0.1, 0.15) is 18.6 Å². The lowest BCUT2D eigenvalue weighted by molar-refractivity contribution is -0.138. The molecule has 0 aliphatic rings. The van der Waals surface area contributed by atoms with Crippen LogP contribution in [0.1, 0.15) is 19.3 Å². The van der Waals surface area contributed by atoms with Crippen molar-refractivity contribution in [3.8, 4) is 0 Å². The normalized spacial score (nSPS) is 12.6. The van der Waals surface area contributed by atoms with Gasteiger partial charge in [0.25, 0.3) is 0 Å². The molecule has 0 aliphatic heterocycles. The van der Waals surface area contributed by atoms with E-state index in [4.69, 9.17) is 28.0 Å². The highest BCUT2D eigenvalue weighted by Crippen LogP contribution is 1.96. The Morgan fingerprint density at radius 2 is 1.00 bits per heavy atom. The topological polar surface area (TPSA) is 338 Å². The predicted octanol–water partition coefficient (Wildman–Crippen LogP) is -7.66. The molecule has 37 heavy (non-hydrogen) atoms. The highest BCUT2D eigenvalue weighted by Gasteiger charge is 2.27. The smallest absolute Gasteiger partial charge is 0.322 e. The maximum atomic E-state index is 12.4. The van der Waals surface area contributed by atoms with Gasteiger partial charge < -0.3 is 54.6 Å². The summed E-state index contributed by atoms with van der Waals surface area (Å²) in [7, 11) is 0. The molecule has 0 heterocycles. The van der Waals surface area contributed by atoms with E-state index in [1.807, 2.05) is 5.32 Å². The third kappa shape index (κ3) is 14.9. The first-order valence-electron chi connectivity index (χ1n) is 10.4. The minimum absolute atomic E-state index is 0.552. The number of primary amides is 3. The van der Waals surface area contributed by atoms with Gasteiger partial charge in [0.15, 0.2) is 0 Å². The third-order valence-electron chi connectivity index (χ3n) is 4.14. The lowest BCUT2D eigenvalue weighted by atomic mass is 10.1. The number of carbonyl (C=O) groups is 9. The van der Waals surface area contributed by atoms with Gasteiger partial charge in [-0.25, -0.2) is 0 Å². The van der Waals surface area contributed by atoms with Crippen molar-refractivity contribution >= 4 is 53.2 Å². The van der Waals surface area contributed by atoms with Gasteiger partial charge >= 0.3 is 5.97 Å². The van der Waals surface area contributed by atoms with Crippen LogP contribution in [0.15, 0.2) is 0 Å². The van der Waals surface area contributed by atoms with Gasteiger partial charge in [0, 0.05) is 0 Å². The molecule has 0 spiro atoms. The highest BCUT2D eigenvalue weighted by atomic mass is 16.4. The van der Waals surface area contributed by atoms with Gasteiger partial charge in [0.2, 0.25) is 47.3 Å². The Balaban J connectivity index is 5.04. The zero-order valence-electron chi connectivity index (χ0n) is 19.4. The molecule has 19 heteroatoms. The number of aliphatic carboxylic acids is 1. The van der Waals surface area contributed by atoms with Crippen molar-refractivity contribution in [2.45, 2.75) is 37.4 Å². The molecule has 0 bridgehead atoms. The summed E-state index contributed by atoms with van der Waals surface area (Å²) in [4.78, 5) is 104. The van der Waals surface area contributed by atoms with Crippen molar-refractivity contribution < 1.29 is 48.3 Å². The molecule has 0 aliphatic carbocycles. The number of nitrogens with one attached hydrogen (secondary N) is 5. The maximum absolute atomic E-state index is 12.4. The zero-order valence-corrected chi connectivity index (χ0v) is 19.4. The van der Waals surface area contributed by atoms with Crippen LogP contribution in [-0.2, 0) is 43.2 Å². The molecule has 206 valence electrons. The lowest BCUT2D eigenvalue weighted by Crippen LogP contribution is -2.55. The average Bonchev–Trinajstić information content (AvgIpc) is 2.77. The molecule has 14 N–H and O–H groups in total. The molecule has 0 rings (SSSR count).